The van der Waals surface area contributed by atoms with Crippen LogP contribution in [-0.2, 0) is 0 Å². The Bertz CT molecular complexity index is 422. The number of nitrogens with one attached hydrogen (secondary N) is 1. The Balaban J connectivity index is 1.90. The predicted octanol–water partition coefficient (Wildman–Crippen LogP) is 3.57. The first kappa shape index (κ1) is 10.5. The fourth-order valence-electron chi connectivity index (χ4n) is 3.23. The third kappa shape index (κ3) is 1.63. The van der Waals surface area contributed by atoms with Crippen molar-refractivity contribution in [2.24, 2.45) is 5.92 Å². The highest BCUT2D eigenvalue weighted by molar-refractivity contribution is 7.71. The van der Waals surface area contributed by atoms with Crippen molar-refractivity contribution < 1.29 is 0 Å². The van der Waals surface area contributed by atoms with Crippen LogP contribution in [0.15, 0.2) is 0 Å². The Morgan fingerprint density at radius 2 is 2.00 bits per heavy atom. The molecule has 1 aromatic heterocycles. The summed E-state index contributed by atoms with van der Waals surface area (Å²) >= 11 is 5.38. The topological polar surface area (TPSA) is 33.6 Å². The summed E-state index contributed by atoms with van der Waals surface area (Å²) in [6.45, 7) is 2.32. The fourth-order valence-corrected chi connectivity index (χ4v) is 3.52. The van der Waals surface area contributed by atoms with E-state index >= 15 is 0 Å². The maximum Gasteiger partial charge on any atom is 0.195 e. The van der Waals surface area contributed by atoms with Gasteiger partial charge in [-0.05, 0) is 43.8 Å². The van der Waals surface area contributed by atoms with Gasteiger partial charge in [0.05, 0.1) is 0 Å². The standard InChI is InChI=1S/C12H19N3S/c1-8-6-9(7-8)11-13-14-12(16)15(11)10-4-2-3-5-10/h8-10H,2-7H2,1H3,(H,14,16). The first-order valence-electron chi connectivity index (χ1n) is 6.42. The van der Waals surface area contributed by atoms with Gasteiger partial charge >= 0.3 is 0 Å². The molecule has 0 aliphatic heterocycles. The monoisotopic (exact) mass is 237 g/mol. The van der Waals surface area contributed by atoms with Crippen LogP contribution in [-0.4, -0.2) is 14.8 Å². The summed E-state index contributed by atoms with van der Waals surface area (Å²) in [7, 11) is 0. The van der Waals surface area contributed by atoms with Crippen molar-refractivity contribution in [2.75, 3.05) is 0 Å². The van der Waals surface area contributed by atoms with Gasteiger partial charge in [0, 0.05) is 12.0 Å². The van der Waals surface area contributed by atoms with E-state index in [1.54, 1.807) is 0 Å². The molecule has 2 aliphatic carbocycles. The smallest absolute Gasteiger partial charge is 0.195 e. The molecule has 0 aromatic carbocycles. The molecular formula is C12H19N3S. The van der Waals surface area contributed by atoms with Crippen LogP contribution >= 0.6 is 12.2 Å². The van der Waals surface area contributed by atoms with Crippen LogP contribution in [0.5, 0.6) is 0 Å². The van der Waals surface area contributed by atoms with Crippen LogP contribution in [0, 0.1) is 10.7 Å². The van der Waals surface area contributed by atoms with Gasteiger partial charge in [0.2, 0.25) is 0 Å². The molecule has 0 atom stereocenters. The van der Waals surface area contributed by atoms with Crippen LogP contribution in [0.2, 0.25) is 0 Å². The molecule has 2 fully saturated rings. The van der Waals surface area contributed by atoms with Crippen molar-refractivity contribution in [3.8, 4) is 0 Å². The molecule has 0 amide bonds. The number of aromatic amines is 1. The molecule has 4 heteroatoms. The summed E-state index contributed by atoms with van der Waals surface area (Å²) in [4.78, 5) is 0. The van der Waals surface area contributed by atoms with Crippen molar-refractivity contribution in [3.63, 3.8) is 0 Å². The second-order valence-electron chi connectivity index (χ2n) is 5.47. The van der Waals surface area contributed by atoms with Crippen molar-refractivity contribution in [1.29, 1.82) is 0 Å². The number of H-pyrrole nitrogens is 1. The van der Waals surface area contributed by atoms with E-state index in [2.05, 4.69) is 21.7 Å². The maximum atomic E-state index is 5.38. The summed E-state index contributed by atoms with van der Waals surface area (Å²) in [5.74, 6) is 2.76. The molecule has 1 heterocycles. The molecule has 0 saturated heterocycles. The van der Waals surface area contributed by atoms with Crippen LogP contribution < -0.4 is 0 Å². The number of aromatic nitrogens is 3. The first-order valence-corrected chi connectivity index (χ1v) is 6.83. The Morgan fingerprint density at radius 3 is 2.62 bits per heavy atom. The van der Waals surface area contributed by atoms with Gasteiger partial charge in [-0.15, -0.1) is 0 Å². The lowest BCUT2D eigenvalue weighted by molar-refractivity contribution is 0.266. The highest BCUT2D eigenvalue weighted by atomic mass is 32.1. The number of hydrogen-bond acceptors (Lipinski definition) is 2. The number of rotatable bonds is 2. The third-order valence-corrected chi connectivity index (χ3v) is 4.45. The van der Waals surface area contributed by atoms with Crippen molar-refractivity contribution in [2.45, 2.75) is 57.4 Å². The number of nitrogens with zero attached hydrogens (tertiary/aromatic N) is 2. The average Bonchev–Trinajstić information content (AvgIpc) is 2.81. The van der Waals surface area contributed by atoms with Crippen LogP contribution in [0.25, 0.3) is 0 Å². The van der Waals surface area contributed by atoms with E-state index in [9.17, 15) is 0 Å². The zero-order valence-electron chi connectivity index (χ0n) is 9.78. The third-order valence-electron chi connectivity index (χ3n) is 4.16. The van der Waals surface area contributed by atoms with Crippen molar-refractivity contribution in [1.82, 2.24) is 14.8 Å². The zero-order valence-corrected chi connectivity index (χ0v) is 10.6. The number of hydrogen-bond donors (Lipinski definition) is 1. The molecule has 2 aliphatic rings. The highest BCUT2D eigenvalue weighted by Crippen LogP contribution is 2.42. The van der Waals surface area contributed by atoms with E-state index in [1.807, 2.05) is 0 Å². The minimum atomic E-state index is 0.622. The molecule has 1 aromatic rings. The molecule has 1 N–H and O–H groups in total. The normalized spacial score (nSPS) is 30.6. The molecular weight excluding hydrogens is 218 g/mol. The summed E-state index contributed by atoms with van der Waals surface area (Å²) < 4.78 is 3.15. The molecule has 3 nitrogen and oxygen atoms in total. The molecule has 2 saturated carbocycles. The van der Waals surface area contributed by atoms with Crippen LogP contribution in [0.4, 0.5) is 0 Å². The van der Waals surface area contributed by atoms with E-state index in [0.29, 0.717) is 12.0 Å². The molecule has 0 bridgehead atoms. The summed E-state index contributed by atoms with van der Waals surface area (Å²) in [5.41, 5.74) is 0. The predicted molar refractivity (Wildman–Crippen MR) is 66.1 cm³/mol. The Labute approximate surface area is 101 Å². The summed E-state index contributed by atoms with van der Waals surface area (Å²) in [5, 5.41) is 7.46. The van der Waals surface area contributed by atoms with E-state index in [4.69, 9.17) is 12.2 Å². The average molecular weight is 237 g/mol. The van der Waals surface area contributed by atoms with Gasteiger partial charge in [0.1, 0.15) is 5.82 Å². The summed E-state index contributed by atoms with van der Waals surface area (Å²) in [6, 6.07) is 0.622. The largest absolute Gasteiger partial charge is 0.301 e. The molecule has 0 radical (unpaired) electrons. The molecule has 16 heavy (non-hydrogen) atoms. The van der Waals surface area contributed by atoms with E-state index in [0.717, 1.165) is 10.7 Å². The molecule has 0 spiro atoms. The second kappa shape index (κ2) is 3.99. The minimum absolute atomic E-state index is 0.622. The Kier molecular flexibility index (Phi) is 2.62. The van der Waals surface area contributed by atoms with E-state index in [1.165, 1.54) is 44.3 Å². The lowest BCUT2D eigenvalue weighted by Crippen LogP contribution is -2.23. The SMILES string of the molecule is CC1CC(c2n[nH]c(=S)n2C2CCCC2)C1. The van der Waals surface area contributed by atoms with Gasteiger partial charge in [0.15, 0.2) is 4.77 Å². The van der Waals surface area contributed by atoms with Crippen LogP contribution in [0.1, 0.15) is 63.2 Å². The lowest BCUT2D eigenvalue weighted by Gasteiger charge is -2.32. The highest BCUT2D eigenvalue weighted by Gasteiger charge is 2.32. The minimum Gasteiger partial charge on any atom is -0.301 e. The van der Waals surface area contributed by atoms with E-state index in [-0.39, 0.29) is 0 Å². The van der Waals surface area contributed by atoms with Gasteiger partial charge in [-0.2, -0.15) is 5.10 Å². The quantitative estimate of drug-likeness (QED) is 0.798. The van der Waals surface area contributed by atoms with E-state index < -0.39 is 0 Å². The lowest BCUT2D eigenvalue weighted by atomic mass is 9.75. The van der Waals surface area contributed by atoms with Gasteiger partial charge in [0.25, 0.3) is 0 Å². The molecule has 3 rings (SSSR count). The first-order chi connectivity index (χ1) is 7.75. The fraction of sp³-hybridized carbons (Fsp3) is 0.833. The molecule has 0 unspecified atom stereocenters. The van der Waals surface area contributed by atoms with Gasteiger partial charge in [-0.25, -0.2) is 0 Å². The van der Waals surface area contributed by atoms with Crippen molar-refractivity contribution >= 4 is 12.2 Å². The summed E-state index contributed by atoms with van der Waals surface area (Å²) in [6.07, 6.45) is 7.82. The zero-order chi connectivity index (χ0) is 11.1. The van der Waals surface area contributed by atoms with Crippen LogP contribution in [0.3, 0.4) is 0 Å². The van der Waals surface area contributed by atoms with Gasteiger partial charge in [-0.1, -0.05) is 19.8 Å². The molecule has 88 valence electrons. The van der Waals surface area contributed by atoms with Crippen molar-refractivity contribution in [3.05, 3.63) is 10.6 Å². The van der Waals surface area contributed by atoms with Gasteiger partial charge < -0.3 is 4.57 Å². The Morgan fingerprint density at radius 1 is 1.31 bits per heavy atom. The van der Waals surface area contributed by atoms with Gasteiger partial charge in [-0.3, -0.25) is 5.10 Å². The maximum absolute atomic E-state index is 5.38. The second-order valence-corrected chi connectivity index (χ2v) is 5.86. The Hall–Kier alpha value is -0.640.